The Bertz CT molecular complexity index is 4420. The van der Waals surface area contributed by atoms with E-state index < -0.39 is 0 Å². The molecule has 0 heterocycles. The summed E-state index contributed by atoms with van der Waals surface area (Å²) in [5, 5.41) is 15.6. The summed E-state index contributed by atoms with van der Waals surface area (Å²) in [5.41, 5.74) is 18.9. The third-order valence-electron chi connectivity index (χ3n) is 16.2. The van der Waals surface area contributed by atoms with Gasteiger partial charge in [0, 0.05) is 0 Å². The minimum absolute atomic E-state index is 1.14. The Morgan fingerprint density at radius 3 is 0.731 bits per heavy atom. The molecule has 0 heteroatoms. The Kier molecular flexibility index (Phi) is 11.0. The smallest absolute Gasteiger partial charge is 0.00139 e. The summed E-state index contributed by atoms with van der Waals surface area (Å²) in [7, 11) is 0. The quantitative estimate of drug-likeness (QED) is 0.0946. The molecule has 0 saturated heterocycles. The molecule has 0 radical (unpaired) electrons. The fourth-order valence-corrected chi connectivity index (χ4v) is 12.6. The van der Waals surface area contributed by atoms with Crippen LogP contribution in [0, 0.1) is 0 Å². The zero-order valence-corrected chi connectivity index (χ0v) is 42.9. The SMILES string of the molecule is C(=C\c1ccc2ccc3cccc4ccc1c2c34)/c1ccc(-c2c(-c3ccccc3)c(-c3ccccc3)c(-c3ccccc3)c(-c3ccccc3)c2-c2ccc(/C=C/c3ccc4ccc5cccc6ccc3c4c56)cc2)cc1. The molecule has 0 aliphatic rings. The second-order valence-corrected chi connectivity index (χ2v) is 20.6. The molecule has 78 heavy (non-hydrogen) atoms. The summed E-state index contributed by atoms with van der Waals surface area (Å²) in [6.45, 7) is 0. The summed E-state index contributed by atoms with van der Waals surface area (Å²) in [5.74, 6) is 0. The molecule has 0 saturated carbocycles. The largest absolute Gasteiger partial charge is 0.0622 e. The van der Waals surface area contributed by atoms with Crippen LogP contribution in [0.4, 0.5) is 0 Å². The van der Waals surface area contributed by atoms with E-state index in [9.17, 15) is 0 Å². The second-order valence-electron chi connectivity index (χ2n) is 20.6. The van der Waals surface area contributed by atoms with Crippen LogP contribution in [0.1, 0.15) is 22.3 Å². The average Bonchev–Trinajstić information content (AvgIpc) is 3.59. The topological polar surface area (TPSA) is 0 Å². The van der Waals surface area contributed by atoms with Crippen LogP contribution in [-0.4, -0.2) is 0 Å². The standard InChI is InChI=1S/C78H50/c1-5-15-55(16-6-1)73-74(56-17-7-2-8-18-56)76(58-21-11-4-12-22-58)78(66-37-31-52(32-38-66)28-34-54-40-42-64-46-44-60-24-14-26-62-48-50-68(54)72(64)70(60)62)77(75(73)57-19-9-3-10-20-57)65-35-29-51(30-36-65)27-33-53-39-41-63-45-43-59-23-13-25-61-47-49-67(53)71(63)69(59)61/h1-50H/b33-27+,34-28+. The first-order valence-electron chi connectivity index (χ1n) is 27.1. The van der Waals surface area contributed by atoms with Crippen LogP contribution in [0.15, 0.2) is 279 Å². The van der Waals surface area contributed by atoms with Gasteiger partial charge in [-0.2, -0.15) is 0 Å². The van der Waals surface area contributed by atoms with Gasteiger partial charge in [0.05, 0.1) is 0 Å². The van der Waals surface area contributed by atoms with E-state index in [-0.39, 0.29) is 0 Å². The van der Waals surface area contributed by atoms with Crippen molar-refractivity contribution in [3.8, 4) is 66.8 Å². The van der Waals surface area contributed by atoms with Crippen molar-refractivity contribution < 1.29 is 0 Å². The van der Waals surface area contributed by atoms with Crippen molar-refractivity contribution in [3.05, 3.63) is 301 Å². The van der Waals surface area contributed by atoms with Gasteiger partial charge in [-0.15, -0.1) is 0 Å². The van der Waals surface area contributed by atoms with Crippen molar-refractivity contribution in [3.63, 3.8) is 0 Å². The van der Waals surface area contributed by atoms with Gasteiger partial charge < -0.3 is 0 Å². The fraction of sp³-hybridized carbons (Fsp3) is 0. The van der Waals surface area contributed by atoms with Crippen LogP contribution in [0.2, 0.25) is 0 Å². The van der Waals surface area contributed by atoms with E-state index in [1.807, 2.05) is 0 Å². The van der Waals surface area contributed by atoms with Crippen molar-refractivity contribution >= 4 is 88.9 Å². The first-order chi connectivity index (χ1) is 38.7. The Balaban J connectivity index is 0.935. The molecule has 0 aliphatic heterocycles. The second kappa shape index (κ2) is 18.9. The van der Waals surface area contributed by atoms with Crippen molar-refractivity contribution in [1.82, 2.24) is 0 Å². The Morgan fingerprint density at radius 1 is 0.167 bits per heavy atom. The normalized spacial score (nSPS) is 12.0. The number of rotatable bonds is 10. The zero-order valence-electron chi connectivity index (χ0n) is 42.9. The molecule has 0 atom stereocenters. The molecule has 15 aromatic carbocycles. The minimum atomic E-state index is 1.14. The Morgan fingerprint density at radius 2 is 0.423 bits per heavy atom. The summed E-state index contributed by atoms with van der Waals surface area (Å²) in [6.07, 6.45) is 9.12. The summed E-state index contributed by atoms with van der Waals surface area (Å²) in [6, 6.07) is 103. The third-order valence-corrected chi connectivity index (χ3v) is 16.2. The molecular formula is C78H50. The monoisotopic (exact) mass is 986 g/mol. The highest BCUT2D eigenvalue weighted by Gasteiger charge is 2.29. The number of benzene rings is 15. The Hall–Kier alpha value is -10.1. The van der Waals surface area contributed by atoms with Crippen LogP contribution in [-0.2, 0) is 0 Å². The zero-order chi connectivity index (χ0) is 51.5. The van der Waals surface area contributed by atoms with E-state index in [0.717, 1.165) is 33.4 Å². The van der Waals surface area contributed by atoms with Gasteiger partial charge >= 0.3 is 0 Å². The van der Waals surface area contributed by atoms with Gasteiger partial charge in [0.2, 0.25) is 0 Å². The maximum absolute atomic E-state index is 2.34. The molecule has 15 aromatic rings. The van der Waals surface area contributed by atoms with Gasteiger partial charge in [0.25, 0.3) is 0 Å². The molecule has 15 rings (SSSR count). The molecule has 0 bridgehead atoms. The number of hydrogen-bond donors (Lipinski definition) is 0. The van der Waals surface area contributed by atoms with Gasteiger partial charge in [0.15, 0.2) is 0 Å². The minimum Gasteiger partial charge on any atom is -0.0622 e. The highest BCUT2D eigenvalue weighted by molar-refractivity contribution is 6.26. The molecule has 0 unspecified atom stereocenters. The molecule has 362 valence electrons. The summed E-state index contributed by atoms with van der Waals surface area (Å²) in [4.78, 5) is 0. The van der Waals surface area contributed by atoms with Crippen LogP contribution >= 0.6 is 0 Å². The summed E-state index contributed by atoms with van der Waals surface area (Å²) >= 11 is 0. The molecule has 0 aromatic heterocycles. The molecule has 0 amide bonds. The van der Waals surface area contributed by atoms with Crippen molar-refractivity contribution in [2.24, 2.45) is 0 Å². The third kappa shape index (κ3) is 7.69. The molecule has 0 aliphatic carbocycles. The molecule has 0 spiro atoms. The molecular weight excluding hydrogens is 937 g/mol. The maximum Gasteiger partial charge on any atom is -0.00139 e. The predicted molar refractivity (Wildman–Crippen MR) is 337 cm³/mol. The van der Waals surface area contributed by atoms with E-state index in [1.54, 1.807) is 0 Å². The van der Waals surface area contributed by atoms with Crippen molar-refractivity contribution in [1.29, 1.82) is 0 Å². The van der Waals surface area contributed by atoms with E-state index in [4.69, 9.17) is 0 Å². The first kappa shape index (κ1) is 45.3. The lowest BCUT2D eigenvalue weighted by atomic mass is 9.74. The van der Waals surface area contributed by atoms with Crippen LogP contribution in [0.25, 0.3) is 156 Å². The number of hydrogen-bond acceptors (Lipinski definition) is 0. The Labute approximate surface area is 454 Å². The van der Waals surface area contributed by atoms with E-state index in [1.165, 1.54) is 120 Å². The highest BCUT2D eigenvalue weighted by atomic mass is 14.3. The van der Waals surface area contributed by atoms with Crippen LogP contribution < -0.4 is 0 Å². The van der Waals surface area contributed by atoms with Gasteiger partial charge in [0.1, 0.15) is 0 Å². The predicted octanol–water partition coefficient (Wildman–Crippen LogP) is 21.8. The highest BCUT2D eigenvalue weighted by Crippen LogP contribution is 2.56. The average molecular weight is 987 g/mol. The first-order valence-corrected chi connectivity index (χ1v) is 27.1. The van der Waals surface area contributed by atoms with Gasteiger partial charge in [-0.3, -0.25) is 0 Å². The fourth-order valence-electron chi connectivity index (χ4n) is 12.6. The molecule has 0 fully saturated rings. The van der Waals surface area contributed by atoms with E-state index >= 15 is 0 Å². The van der Waals surface area contributed by atoms with Crippen LogP contribution in [0.5, 0.6) is 0 Å². The lowest BCUT2D eigenvalue weighted by Crippen LogP contribution is -2.02. The lowest BCUT2D eigenvalue weighted by molar-refractivity contribution is 1.51. The van der Waals surface area contributed by atoms with E-state index in [0.29, 0.717) is 0 Å². The van der Waals surface area contributed by atoms with Crippen molar-refractivity contribution in [2.75, 3.05) is 0 Å². The van der Waals surface area contributed by atoms with Gasteiger partial charge in [-0.25, -0.2) is 0 Å². The molecule has 0 nitrogen and oxygen atoms in total. The van der Waals surface area contributed by atoms with Crippen LogP contribution in [0.3, 0.4) is 0 Å². The lowest BCUT2D eigenvalue weighted by Gasteiger charge is -2.29. The van der Waals surface area contributed by atoms with Gasteiger partial charge in [-0.05, 0) is 154 Å². The maximum atomic E-state index is 2.34. The van der Waals surface area contributed by atoms with E-state index in [2.05, 4.69) is 303 Å². The van der Waals surface area contributed by atoms with Gasteiger partial charge in [-0.1, -0.05) is 303 Å². The van der Waals surface area contributed by atoms with Crippen molar-refractivity contribution in [2.45, 2.75) is 0 Å². The molecule has 0 N–H and O–H groups in total. The summed E-state index contributed by atoms with van der Waals surface area (Å²) < 4.78 is 0.